The van der Waals surface area contributed by atoms with E-state index in [-0.39, 0.29) is 18.1 Å². The van der Waals surface area contributed by atoms with Crippen molar-refractivity contribution in [3.63, 3.8) is 0 Å². The third kappa shape index (κ3) is 7.50. The molecular formula is C31H35N3O8S. The molecule has 3 N–H and O–H groups in total. The molecule has 0 radical (unpaired) electrons. The van der Waals surface area contributed by atoms with Gasteiger partial charge in [-0.2, -0.15) is 0 Å². The van der Waals surface area contributed by atoms with Crippen molar-refractivity contribution in [3.8, 4) is 11.5 Å². The summed E-state index contributed by atoms with van der Waals surface area (Å²) in [4.78, 5) is 54.1. The summed E-state index contributed by atoms with van der Waals surface area (Å²) in [6, 6.07) is 10.7. The highest BCUT2D eigenvalue weighted by Crippen LogP contribution is 2.41. The minimum atomic E-state index is -1.21. The van der Waals surface area contributed by atoms with Gasteiger partial charge >= 0.3 is 12.1 Å². The van der Waals surface area contributed by atoms with Crippen LogP contribution in [0.2, 0.25) is 0 Å². The SMILES string of the molecule is C/C=C/C1=C(C(=O)OCc2ccc(OC)cc2)N2C(=O)[C@@H](NC(=O)[C@H](NC(=O)OC(C)(C)C)c3ccc(O)cc3)C2SC1. The molecule has 2 aliphatic rings. The summed E-state index contributed by atoms with van der Waals surface area (Å²) in [6.45, 7) is 6.89. The van der Waals surface area contributed by atoms with Gasteiger partial charge in [0.1, 0.15) is 46.9 Å². The highest BCUT2D eigenvalue weighted by molar-refractivity contribution is 8.00. The molecule has 1 saturated heterocycles. The van der Waals surface area contributed by atoms with E-state index in [4.69, 9.17) is 14.2 Å². The largest absolute Gasteiger partial charge is 0.508 e. The van der Waals surface area contributed by atoms with Gasteiger partial charge in [-0.25, -0.2) is 9.59 Å². The van der Waals surface area contributed by atoms with Crippen molar-refractivity contribution in [3.05, 3.63) is 83.1 Å². The maximum absolute atomic E-state index is 13.5. The van der Waals surface area contributed by atoms with Crippen LogP contribution in [0.5, 0.6) is 11.5 Å². The monoisotopic (exact) mass is 609 g/mol. The molecule has 228 valence electrons. The Labute approximate surface area is 254 Å². The number of thioether (sulfide) groups is 1. The quantitative estimate of drug-likeness (QED) is 0.285. The summed E-state index contributed by atoms with van der Waals surface area (Å²) in [5, 5.41) is 14.4. The molecular weight excluding hydrogens is 574 g/mol. The van der Waals surface area contributed by atoms with Crippen LogP contribution in [0.4, 0.5) is 4.79 Å². The Morgan fingerprint density at radius 2 is 1.79 bits per heavy atom. The molecule has 0 saturated carbocycles. The van der Waals surface area contributed by atoms with E-state index in [9.17, 15) is 24.3 Å². The van der Waals surface area contributed by atoms with Crippen molar-refractivity contribution in [2.45, 2.75) is 57.4 Å². The Morgan fingerprint density at radius 1 is 1.12 bits per heavy atom. The van der Waals surface area contributed by atoms with Gasteiger partial charge in [0, 0.05) is 5.75 Å². The lowest BCUT2D eigenvalue weighted by molar-refractivity contribution is -0.153. The van der Waals surface area contributed by atoms with Gasteiger partial charge in [0.15, 0.2) is 0 Å². The molecule has 2 aromatic carbocycles. The number of β-lactam (4-membered cyclic amide) rings is 1. The molecule has 0 bridgehead atoms. The zero-order chi connectivity index (χ0) is 31.3. The molecule has 2 heterocycles. The van der Waals surface area contributed by atoms with E-state index in [2.05, 4.69) is 10.6 Å². The molecule has 2 aliphatic heterocycles. The Hall–Kier alpha value is -4.45. The fraction of sp³-hybridized carbons (Fsp3) is 0.355. The van der Waals surface area contributed by atoms with E-state index in [0.717, 1.165) is 5.56 Å². The second-order valence-corrected chi connectivity index (χ2v) is 12.0. The number of hydrogen-bond acceptors (Lipinski definition) is 9. The number of carbonyl (C=O) groups is 4. The topological polar surface area (TPSA) is 144 Å². The van der Waals surface area contributed by atoms with Crippen LogP contribution < -0.4 is 15.4 Å². The molecule has 2 aromatic rings. The third-order valence-corrected chi connectivity index (χ3v) is 7.84. The first-order valence-electron chi connectivity index (χ1n) is 13.6. The Bertz CT molecular complexity index is 1430. The van der Waals surface area contributed by atoms with Crippen LogP contribution in [-0.4, -0.2) is 63.8 Å². The van der Waals surface area contributed by atoms with Crippen LogP contribution >= 0.6 is 11.8 Å². The first-order valence-corrected chi connectivity index (χ1v) is 14.7. The van der Waals surface area contributed by atoms with Gasteiger partial charge in [0.2, 0.25) is 5.91 Å². The maximum atomic E-state index is 13.5. The number of phenolic OH excluding ortho intramolecular Hbond substituents is 1. The average Bonchev–Trinajstić information content (AvgIpc) is 2.97. The normalized spacial score (nSPS) is 18.8. The van der Waals surface area contributed by atoms with E-state index in [1.165, 1.54) is 40.9 Å². The number of aromatic hydroxyl groups is 1. The number of carbonyl (C=O) groups excluding carboxylic acids is 4. The molecule has 0 spiro atoms. The first-order chi connectivity index (χ1) is 20.4. The average molecular weight is 610 g/mol. The lowest BCUT2D eigenvalue weighted by Crippen LogP contribution is -2.71. The molecule has 11 nitrogen and oxygen atoms in total. The van der Waals surface area contributed by atoms with Crippen molar-refractivity contribution < 1.29 is 38.5 Å². The van der Waals surface area contributed by atoms with Crippen LogP contribution in [-0.2, 0) is 30.5 Å². The number of amides is 3. The fourth-order valence-electron chi connectivity index (χ4n) is 4.53. The Balaban J connectivity index is 1.50. The fourth-order valence-corrected chi connectivity index (χ4v) is 5.85. The summed E-state index contributed by atoms with van der Waals surface area (Å²) in [5.41, 5.74) is 1.09. The van der Waals surface area contributed by atoms with E-state index in [1.54, 1.807) is 64.3 Å². The molecule has 3 atom stereocenters. The zero-order valence-corrected chi connectivity index (χ0v) is 25.4. The number of hydrogen-bond donors (Lipinski definition) is 3. The van der Waals surface area contributed by atoms with Gasteiger partial charge in [-0.05, 0) is 68.7 Å². The summed E-state index contributed by atoms with van der Waals surface area (Å²) >= 11 is 1.40. The van der Waals surface area contributed by atoms with Crippen LogP contribution in [0.25, 0.3) is 0 Å². The van der Waals surface area contributed by atoms with E-state index < -0.39 is 46.9 Å². The maximum Gasteiger partial charge on any atom is 0.408 e. The van der Waals surface area contributed by atoms with Crippen molar-refractivity contribution in [2.24, 2.45) is 0 Å². The summed E-state index contributed by atoms with van der Waals surface area (Å²) in [6.07, 6.45) is 2.72. The standard InChI is InChI=1S/C31H35N3O8S/c1-6-7-20-17-43-28-24(27(37)34(28)25(20)29(38)41-16-18-8-14-22(40-5)15-9-18)32-26(36)23(19-10-12-21(35)13-11-19)33-30(39)42-31(2,3)4/h6-15,23-24,28,35H,16-17H2,1-5H3,(H,32,36)(H,33,39)/b7-6+/t23-,24-,28?/m1/s1. The van der Waals surface area contributed by atoms with Crippen LogP contribution in [0.1, 0.15) is 44.9 Å². The van der Waals surface area contributed by atoms with Gasteiger partial charge in [-0.1, -0.05) is 36.4 Å². The summed E-state index contributed by atoms with van der Waals surface area (Å²) < 4.78 is 16.1. The first kappa shape index (κ1) is 31.5. The molecule has 3 amide bonds. The smallest absolute Gasteiger partial charge is 0.408 e. The summed E-state index contributed by atoms with van der Waals surface area (Å²) in [7, 11) is 1.56. The number of ether oxygens (including phenoxy) is 3. The number of phenols is 1. The Kier molecular flexibility index (Phi) is 9.70. The lowest BCUT2D eigenvalue weighted by Gasteiger charge is -2.49. The highest BCUT2D eigenvalue weighted by Gasteiger charge is 2.54. The van der Waals surface area contributed by atoms with Crippen LogP contribution in [0, 0.1) is 0 Å². The van der Waals surface area contributed by atoms with E-state index >= 15 is 0 Å². The Morgan fingerprint density at radius 3 is 2.40 bits per heavy atom. The predicted octanol–water partition coefficient (Wildman–Crippen LogP) is 3.94. The number of nitrogens with zero attached hydrogens (tertiary/aromatic N) is 1. The lowest BCUT2D eigenvalue weighted by atomic mass is 10.0. The molecule has 12 heteroatoms. The van der Waals surface area contributed by atoms with Gasteiger partial charge in [-0.15, -0.1) is 11.8 Å². The number of methoxy groups -OCH3 is 1. The minimum Gasteiger partial charge on any atom is -0.508 e. The second kappa shape index (κ2) is 13.2. The summed E-state index contributed by atoms with van der Waals surface area (Å²) in [5.74, 6) is -0.712. The molecule has 43 heavy (non-hydrogen) atoms. The van der Waals surface area contributed by atoms with Gasteiger partial charge in [0.25, 0.3) is 5.91 Å². The predicted molar refractivity (Wildman–Crippen MR) is 160 cm³/mol. The molecule has 0 aliphatic carbocycles. The number of nitrogens with one attached hydrogen (secondary N) is 2. The van der Waals surface area contributed by atoms with Gasteiger partial charge < -0.3 is 30.0 Å². The van der Waals surface area contributed by atoms with E-state index in [1.807, 2.05) is 6.92 Å². The minimum absolute atomic E-state index is 0.0000953. The zero-order valence-electron chi connectivity index (χ0n) is 24.6. The molecule has 4 rings (SSSR count). The van der Waals surface area contributed by atoms with E-state index in [0.29, 0.717) is 22.6 Å². The van der Waals surface area contributed by atoms with Crippen molar-refractivity contribution in [1.29, 1.82) is 0 Å². The van der Waals surface area contributed by atoms with Crippen LogP contribution in [0.15, 0.2) is 72.0 Å². The number of allylic oxidation sites excluding steroid dienone is 2. The van der Waals surface area contributed by atoms with Gasteiger partial charge in [-0.3, -0.25) is 14.5 Å². The molecule has 0 aromatic heterocycles. The van der Waals surface area contributed by atoms with Crippen molar-refractivity contribution in [2.75, 3.05) is 12.9 Å². The third-order valence-electron chi connectivity index (χ3n) is 6.54. The van der Waals surface area contributed by atoms with Gasteiger partial charge in [0.05, 0.1) is 7.11 Å². The number of alkyl carbamates (subject to hydrolysis) is 1. The number of rotatable bonds is 9. The van der Waals surface area contributed by atoms with Crippen molar-refractivity contribution >= 4 is 35.6 Å². The van der Waals surface area contributed by atoms with Crippen LogP contribution in [0.3, 0.4) is 0 Å². The van der Waals surface area contributed by atoms with Crippen molar-refractivity contribution in [1.82, 2.24) is 15.5 Å². The highest BCUT2D eigenvalue weighted by atomic mass is 32.2. The molecule has 1 unspecified atom stereocenters. The number of esters is 1. The number of benzene rings is 2. The molecule has 1 fully saturated rings. The second-order valence-electron chi connectivity index (χ2n) is 10.9. The number of fused-ring (bicyclic) bond motifs is 1.